The maximum Gasteiger partial charge on any atom is 0.276 e. The maximum absolute atomic E-state index is 12.9. The summed E-state index contributed by atoms with van der Waals surface area (Å²) >= 11 is 12.2. The summed E-state index contributed by atoms with van der Waals surface area (Å²) < 4.78 is 38.7. The first-order valence-corrected chi connectivity index (χ1v) is 13.2. The predicted octanol–water partition coefficient (Wildman–Crippen LogP) is 3.67. The molecule has 3 rings (SSSR count). The SMILES string of the molecule is COc1ccc(CCNS(=O)(=O)c2cc(C(=O)NNC(=O)COc3ccccc3C)c(Cl)cc2Cl)cc1. The Morgan fingerprint density at radius 1 is 0.946 bits per heavy atom. The molecule has 0 unspecified atom stereocenters. The van der Waals surface area contributed by atoms with Gasteiger partial charge in [-0.1, -0.05) is 53.5 Å². The van der Waals surface area contributed by atoms with Crippen molar-refractivity contribution >= 4 is 45.0 Å². The zero-order chi connectivity index (χ0) is 27.0. The molecule has 0 aliphatic rings. The number of nitrogens with one attached hydrogen (secondary N) is 3. The summed E-state index contributed by atoms with van der Waals surface area (Å²) in [6.45, 7) is 1.57. The van der Waals surface area contributed by atoms with Gasteiger partial charge in [0.25, 0.3) is 11.8 Å². The second kappa shape index (κ2) is 12.8. The summed E-state index contributed by atoms with van der Waals surface area (Å²) in [5.74, 6) is -0.243. The first-order valence-electron chi connectivity index (χ1n) is 11.0. The summed E-state index contributed by atoms with van der Waals surface area (Å²) in [5, 5.41) is -0.251. The molecule has 0 radical (unpaired) electrons. The Kier molecular flexibility index (Phi) is 9.76. The Balaban J connectivity index is 1.61. The number of amides is 2. The largest absolute Gasteiger partial charge is 0.497 e. The van der Waals surface area contributed by atoms with Gasteiger partial charge in [-0.15, -0.1) is 0 Å². The van der Waals surface area contributed by atoms with Gasteiger partial charge in [-0.25, -0.2) is 13.1 Å². The Bertz CT molecular complexity index is 1380. The Morgan fingerprint density at radius 3 is 2.32 bits per heavy atom. The molecule has 37 heavy (non-hydrogen) atoms. The topological polar surface area (TPSA) is 123 Å². The van der Waals surface area contributed by atoms with E-state index in [1.54, 1.807) is 31.4 Å². The lowest BCUT2D eigenvalue weighted by molar-refractivity contribution is -0.123. The number of sulfonamides is 1. The van der Waals surface area contributed by atoms with E-state index >= 15 is 0 Å². The summed E-state index contributed by atoms with van der Waals surface area (Å²) in [4.78, 5) is 24.4. The normalized spacial score (nSPS) is 11.0. The molecule has 196 valence electrons. The van der Waals surface area contributed by atoms with Crippen molar-refractivity contribution in [3.8, 4) is 11.5 Å². The monoisotopic (exact) mass is 565 g/mol. The first kappa shape index (κ1) is 28.3. The number of methoxy groups -OCH3 is 1. The maximum atomic E-state index is 12.9. The van der Waals surface area contributed by atoms with Crippen LogP contribution >= 0.6 is 23.2 Å². The number of hydrogen-bond acceptors (Lipinski definition) is 6. The number of aryl methyl sites for hydroxylation is 1. The smallest absolute Gasteiger partial charge is 0.276 e. The van der Waals surface area contributed by atoms with E-state index in [9.17, 15) is 18.0 Å². The van der Waals surface area contributed by atoms with Crippen molar-refractivity contribution in [1.29, 1.82) is 0 Å². The van der Waals surface area contributed by atoms with Crippen molar-refractivity contribution in [2.75, 3.05) is 20.3 Å². The summed E-state index contributed by atoms with van der Waals surface area (Å²) in [7, 11) is -2.52. The third kappa shape index (κ3) is 7.83. The molecular formula is C25H25Cl2N3O6S. The zero-order valence-electron chi connectivity index (χ0n) is 20.0. The number of para-hydroxylation sites is 1. The molecule has 0 bridgehead atoms. The van der Waals surface area contributed by atoms with Gasteiger partial charge in [-0.2, -0.15) is 0 Å². The molecule has 0 atom stereocenters. The molecule has 0 heterocycles. The fourth-order valence-electron chi connectivity index (χ4n) is 3.20. The number of hydrogen-bond donors (Lipinski definition) is 3. The van der Waals surface area contributed by atoms with Gasteiger partial charge >= 0.3 is 0 Å². The molecular weight excluding hydrogens is 541 g/mol. The number of carbonyl (C=O) groups excluding carboxylic acids is 2. The fourth-order valence-corrected chi connectivity index (χ4v) is 5.09. The molecule has 0 saturated carbocycles. The van der Waals surface area contributed by atoms with Crippen LogP contribution < -0.4 is 25.0 Å². The molecule has 2 amide bonds. The molecule has 3 aromatic rings. The number of benzene rings is 3. The fraction of sp³-hybridized carbons (Fsp3) is 0.200. The number of rotatable bonds is 10. The number of carbonyl (C=O) groups is 2. The first-order chi connectivity index (χ1) is 17.6. The van der Waals surface area contributed by atoms with E-state index in [0.29, 0.717) is 17.9 Å². The van der Waals surface area contributed by atoms with Crippen LogP contribution in [0.4, 0.5) is 0 Å². The van der Waals surface area contributed by atoms with E-state index in [1.807, 2.05) is 31.2 Å². The molecule has 9 nitrogen and oxygen atoms in total. The average molecular weight is 566 g/mol. The number of halogens is 2. The van der Waals surface area contributed by atoms with Crippen LogP contribution in [0.1, 0.15) is 21.5 Å². The Labute approximate surface area is 225 Å². The van der Waals surface area contributed by atoms with Crippen LogP contribution in [0, 0.1) is 6.92 Å². The molecule has 0 spiro atoms. The van der Waals surface area contributed by atoms with E-state index < -0.39 is 21.8 Å². The standard InChI is InChI=1S/C25H25Cl2N3O6S/c1-16-5-3-4-6-22(16)36-15-24(31)29-30-25(32)19-13-23(21(27)14-20(19)26)37(33,34)28-12-11-17-7-9-18(35-2)10-8-17/h3-10,13-14,28H,11-12,15H2,1-2H3,(H,29,31)(H,30,32). The summed E-state index contributed by atoms with van der Waals surface area (Å²) in [6, 6.07) is 16.5. The molecule has 0 aliphatic carbocycles. The molecule has 0 aromatic heterocycles. The van der Waals surface area contributed by atoms with E-state index in [2.05, 4.69) is 15.6 Å². The van der Waals surface area contributed by atoms with Gasteiger partial charge in [0.05, 0.1) is 22.7 Å². The molecule has 0 saturated heterocycles. The van der Waals surface area contributed by atoms with Gasteiger partial charge in [0, 0.05) is 6.54 Å². The van der Waals surface area contributed by atoms with Crippen molar-refractivity contribution in [1.82, 2.24) is 15.6 Å². The lowest BCUT2D eigenvalue weighted by Gasteiger charge is -2.13. The van der Waals surface area contributed by atoms with Crippen molar-refractivity contribution < 1.29 is 27.5 Å². The highest BCUT2D eigenvalue weighted by atomic mass is 35.5. The highest BCUT2D eigenvalue weighted by molar-refractivity contribution is 7.89. The Hall–Kier alpha value is -3.31. The second-order valence-electron chi connectivity index (χ2n) is 7.81. The van der Waals surface area contributed by atoms with Crippen molar-refractivity contribution in [2.45, 2.75) is 18.2 Å². The molecule has 0 aliphatic heterocycles. The summed E-state index contributed by atoms with van der Waals surface area (Å²) in [6.07, 6.45) is 0.415. The van der Waals surface area contributed by atoms with Gasteiger partial charge < -0.3 is 9.47 Å². The minimum absolute atomic E-state index is 0.0894. The van der Waals surface area contributed by atoms with Gasteiger partial charge in [0.2, 0.25) is 10.0 Å². The van der Waals surface area contributed by atoms with E-state index in [1.165, 1.54) is 0 Å². The van der Waals surface area contributed by atoms with Crippen molar-refractivity contribution in [3.63, 3.8) is 0 Å². The number of hydrazine groups is 1. The number of ether oxygens (including phenoxy) is 2. The van der Waals surface area contributed by atoms with Crippen LogP contribution in [-0.2, 0) is 21.2 Å². The van der Waals surface area contributed by atoms with E-state index in [4.69, 9.17) is 32.7 Å². The minimum Gasteiger partial charge on any atom is -0.497 e. The van der Waals surface area contributed by atoms with Crippen LogP contribution in [0.25, 0.3) is 0 Å². The third-order valence-corrected chi connectivity index (χ3v) is 7.43. The molecule has 3 aromatic carbocycles. The van der Waals surface area contributed by atoms with Crippen molar-refractivity contribution in [2.24, 2.45) is 0 Å². The molecule has 3 N–H and O–H groups in total. The second-order valence-corrected chi connectivity index (χ2v) is 10.4. The highest BCUT2D eigenvalue weighted by Gasteiger charge is 2.23. The van der Waals surface area contributed by atoms with Crippen molar-refractivity contribution in [3.05, 3.63) is 87.4 Å². The predicted molar refractivity (Wildman–Crippen MR) is 141 cm³/mol. The lowest BCUT2D eigenvalue weighted by Crippen LogP contribution is -2.44. The lowest BCUT2D eigenvalue weighted by atomic mass is 10.1. The van der Waals surface area contributed by atoms with Gasteiger partial charge in [-0.3, -0.25) is 20.4 Å². The highest BCUT2D eigenvalue weighted by Crippen LogP contribution is 2.28. The van der Waals surface area contributed by atoms with Crippen LogP contribution in [0.2, 0.25) is 10.0 Å². The van der Waals surface area contributed by atoms with Crippen LogP contribution in [0.3, 0.4) is 0 Å². The Morgan fingerprint density at radius 2 is 1.65 bits per heavy atom. The minimum atomic E-state index is -4.07. The van der Waals surface area contributed by atoms with Crippen LogP contribution in [-0.4, -0.2) is 40.5 Å². The quantitative estimate of drug-likeness (QED) is 0.322. The van der Waals surface area contributed by atoms with Gasteiger partial charge in [0.15, 0.2) is 6.61 Å². The summed E-state index contributed by atoms with van der Waals surface area (Å²) in [5.41, 5.74) is 5.94. The molecule has 12 heteroatoms. The average Bonchev–Trinajstić information content (AvgIpc) is 2.87. The van der Waals surface area contributed by atoms with E-state index in [0.717, 1.165) is 23.3 Å². The zero-order valence-corrected chi connectivity index (χ0v) is 22.3. The van der Waals surface area contributed by atoms with Crippen LogP contribution in [0.5, 0.6) is 11.5 Å². The van der Waals surface area contributed by atoms with E-state index in [-0.39, 0.29) is 33.7 Å². The third-order valence-electron chi connectivity index (χ3n) is 5.19. The molecule has 0 fully saturated rings. The van der Waals surface area contributed by atoms with Gasteiger partial charge in [-0.05, 0) is 54.8 Å². The van der Waals surface area contributed by atoms with Crippen LogP contribution in [0.15, 0.2) is 65.6 Å². The van der Waals surface area contributed by atoms with Gasteiger partial charge in [0.1, 0.15) is 16.4 Å².